The van der Waals surface area contributed by atoms with Crippen molar-refractivity contribution in [3.63, 3.8) is 0 Å². The summed E-state index contributed by atoms with van der Waals surface area (Å²) >= 11 is 6.09. The van der Waals surface area contributed by atoms with E-state index in [1.807, 2.05) is 6.07 Å². The molecule has 0 bridgehead atoms. The Balaban J connectivity index is 2.46. The maximum absolute atomic E-state index is 12.2. The summed E-state index contributed by atoms with van der Waals surface area (Å²) in [4.78, 5) is 0. The number of benzene rings is 2. The van der Waals surface area contributed by atoms with Crippen LogP contribution < -0.4 is 9.47 Å². The Bertz CT molecular complexity index is 537. The molecule has 2 aromatic carbocycles. The maximum atomic E-state index is 12.2. The Labute approximate surface area is 114 Å². The summed E-state index contributed by atoms with van der Waals surface area (Å²) in [5.41, 5.74) is 1.40. The maximum Gasteiger partial charge on any atom is 0.228 e. The molecule has 0 fully saturated rings. The van der Waals surface area contributed by atoms with Crippen molar-refractivity contribution < 1.29 is 18.3 Å². The van der Waals surface area contributed by atoms with Crippen LogP contribution in [-0.2, 0) is 0 Å². The summed E-state index contributed by atoms with van der Waals surface area (Å²) < 4.78 is 34.1. The fourth-order valence-electron chi connectivity index (χ4n) is 1.72. The van der Waals surface area contributed by atoms with E-state index < -0.39 is 13.7 Å². The molecule has 2 aromatic rings. The van der Waals surface area contributed by atoms with Crippen LogP contribution in [0, 0.1) is 0 Å². The van der Waals surface area contributed by atoms with Gasteiger partial charge >= 0.3 is 0 Å². The highest BCUT2D eigenvalue weighted by Gasteiger charge is 2.08. The highest BCUT2D eigenvalue weighted by atomic mass is 35.5. The molecule has 2 rings (SSSR count). The van der Waals surface area contributed by atoms with Gasteiger partial charge in [-0.3, -0.25) is 0 Å². The lowest BCUT2D eigenvalue weighted by Crippen LogP contribution is -1.95. The summed E-state index contributed by atoms with van der Waals surface area (Å²) in [6.45, 7) is -1.94. The normalized spacial score (nSPS) is 10.3. The molecule has 0 unspecified atom stereocenters. The van der Waals surface area contributed by atoms with Crippen molar-refractivity contribution in [1.82, 2.24) is 0 Å². The number of hydrogen-bond donors (Lipinski definition) is 0. The smallest absolute Gasteiger partial charge is 0.228 e. The molecule has 2 nitrogen and oxygen atoms in total. The zero-order chi connectivity index (χ0) is 13.7. The third-order valence-corrected chi connectivity index (χ3v) is 2.84. The van der Waals surface area contributed by atoms with Gasteiger partial charge < -0.3 is 9.47 Å². The summed E-state index contributed by atoms with van der Waals surface area (Å²) in [6.07, 6.45) is 0. The van der Waals surface area contributed by atoms with Crippen molar-refractivity contribution in [3.8, 4) is 22.6 Å². The molecular formula is C14H11ClF2O2. The number of rotatable bonds is 5. The van der Waals surface area contributed by atoms with Gasteiger partial charge in [0.1, 0.15) is 11.5 Å². The molecule has 100 valence electrons. The van der Waals surface area contributed by atoms with E-state index in [-0.39, 0.29) is 11.5 Å². The number of halogens is 3. The van der Waals surface area contributed by atoms with E-state index in [0.717, 1.165) is 5.56 Å². The molecule has 0 aliphatic rings. The van der Waals surface area contributed by atoms with Crippen LogP contribution in [-0.4, -0.2) is 13.7 Å². The molecule has 0 aliphatic heterocycles. The molecule has 0 heterocycles. The van der Waals surface area contributed by atoms with Gasteiger partial charge in [0.25, 0.3) is 0 Å². The van der Waals surface area contributed by atoms with Crippen LogP contribution in [0.4, 0.5) is 8.78 Å². The summed E-state index contributed by atoms with van der Waals surface area (Å²) in [6, 6.07) is 11.8. The van der Waals surface area contributed by atoms with E-state index >= 15 is 0 Å². The van der Waals surface area contributed by atoms with Crippen molar-refractivity contribution in [1.29, 1.82) is 0 Å². The quantitative estimate of drug-likeness (QED) is 0.798. The summed E-state index contributed by atoms with van der Waals surface area (Å²) in [5.74, 6) is 0.506. The highest BCUT2D eigenvalue weighted by Crippen LogP contribution is 2.33. The average molecular weight is 285 g/mol. The first-order valence-electron chi connectivity index (χ1n) is 5.52. The van der Waals surface area contributed by atoms with Crippen molar-refractivity contribution >= 4 is 11.6 Å². The Morgan fingerprint density at radius 1 is 0.895 bits per heavy atom. The van der Waals surface area contributed by atoms with Crippen molar-refractivity contribution in [2.24, 2.45) is 0 Å². The number of alkyl halides is 2. The minimum Gasteiger partial charge on any atom is -0.463 e. The van der Waals surface area contributed by atoms with Crippen molar-refractivity contribution in [3.05, 3.63) is 47.5 Å². The van der Waals surface area contributed by atoms with Crippen LogP contribution in [0.3, 0.4) is 0 Å². The standard InChI is InChI=1S/C14H11ClF2O2/c15-14-4-2-1-3-13(14)10-5-11(18-8-16)7-12(6-10)19-9-17/h1-7H,8-9H2. The van der Waals surface area contributed by atoms with Crippen molar-refractivity contribution in [2.45, 2.75) is 0 Å². The third-order valence-electron chi connectivity index (χ3n) is 2.51. The molecule has 0 aromatic heterocycles. The zero-order valence-electron chi connectivity index (χ0n) is 9.91. The minimum absolute atomic E-state index is 0.253. The molecule has 0 radical (unpaired) electrons. The van der Waals surface area contributed by atoms with E-state index in [9.17, 15) is 8.78 Å². The van der Waals surface area contributed by atoms with Gasteiger partial charge in [0.05, 0.1) is 0 Å². The van der Waals surface area contributed by atoms with Gasteiger partial charge in [0.2, 0.25) is 13.7 Å². The molecule has 0 saturated heterocycles. The van der Waals surface area contributed by atoms with Crippen molar-refractivity contribution in [2.75, 3.05) is 13.7 Å². The highest BCUT2D eigenvalue weighted by molar-refractivity contribution is 6.33. The Morgan fingerprint density at radius 2 is 1.47 bits per heavy atom. The van der Waals surface area contributed by atoms with Crippen LogP contribution in [0.5, 0.6) is 11.5 Å². The van der Waals surface area contributed by atoms with Gasteiger partial charge in [-0.2, -0.15) is 0 Å². The van der Waals surface area contributed by atoms with Gasteiger partial charge in [-0.05, 0) is 23.8 Å². The van der Waals surface area contributed by atoms with E-state index in [1.165, 1.54) is 6.07 Å². The molecule has 0 spiro atoms. The summed E-state index contributed by atoms with van der Waals surface area (Å²) in [7, 11) is 0. The van der Waals surface area contributed by atoms with Crippen LogP contribution >= 0.6 is 11.6 Å². The van der Waals surface area contributed by atoms with Gasteiger partial charge in [0.15, 0.2) is 0 Å². The predicted molar refractivity (Wildman–Crippen MR) is 70.1 cm³/mol. The largest absolute Gasteiger partial charge is 0.463 e. The minimum atomic E-state index is -0.971. The Kier molecular flexibility index (Phi) is 4.58. The first-order chi connectivity index (χ1) is 9.24. The van der Waals surface area contributed by atoms with E-state index in [2.05, 4.69) is 0 Å². The van der Waals surface area contributed by atoms with Gasteiger partial charge in [0, 0.05) is 16.7 Å². The second-order valence-corrected chi connectivity index (χ2v) is 4.09. The molecule has 0 aliphatic carbocycles. The molecule has 19 heavy (non-hydrogen) atoms. The second kappa shape index (κ2) is 6.38. The lowest BCUT2D eigenvalue weighted by molar-refractivity contribution is 0.182. The van der Waals surface area contributed by atoms with Crippen LogP contribution in [0.2, 0.25) is 5.02 Å². The lowest BCUT2D eigenvalue weighted by atomic mass is 10.1. The molecule has 0 amide bonds. The molecular weight excluding hydrogens is 274 g/mol. The first kappa shape index (κ1) is 13.6. The van der Waals surface area contributed by atoms with Crippen LogP contribution in [0.25, 0.3) is 11.1 Å². The zero-order valence-corrected chi connectivity index (χ0v) is 10.7. The van der Waals surface area contributed by atoms with Gasteiger partial charge in [-0.25, -0.2) is 8.78 Å². The van der Waals surface area contributed by atoms with Crippen LogP contribution in [0.1, 0.15) is 0 Å². The fourth-order valence-corrected chi connectivity index (χ4v) is 1.96. The molecule has 0 saturated carbocycles. The van der Waals surface area contributed by atoms with E-state index in [0.29, 0.717) is 10.6 Å². The van der Waals surface area contributed by atoms with Crippen LogP contribution in [0.15, 0.2) is 42.5 Å². The third kappa shape index (κ3) is 3.35. The second-order valence-electron chi connectivity index (χ2n) is 3.68. The Hall–Kier alpha value is -1.81. The topological polar surface area (TPSA) is 18.5 Å². The van der Waals surface area contributed by atoms with E-state index in [4.69, 9.17) is 21.1 Å². The van der Waals surface area contributed by atoms with Gasteiger partial charge in [-0.15, -0.1) is 0 Å². The molecule has 0 atom stereocenters. The average Bonchev–Trinajstić information content (AvgIpc) is 2.40. The lowest BCUT2D eigenvalue weighted by Gasteiger charge is -2.10. The monoisotopic (exact) mass is 284 g/mol. The Morgan fingerprint density at radius 3 is 2.00 bits per heavy atom. The first-order valence-corrected chi connectivity index (χ1v) is 5.90. The van der Waals surface area contributed by atoms with E-state index in [1.54, 1.807) is 30.3 Å². The summed E-state index contributed by atoms with van der Waals surface area (Å²) in [5, 5.41) is 0.533. The number of hydrogen-bond acceptors (Lipinski definition) is 2. The molecule has 0 N–H and O–H groups in total. The fraction of sp³-hybridized carbons (Fsp3) is 0.143. The predicted octanol–water partition coefficient (Wildman–Crippen LogP) is 4.62. The number of ether oxygens (including phenoxy) is 2. The molecule has 5 heteroatoms. The van der Waals surface area contributed by atoms with Gasteiger partial charge in [-0.1, -0.05) is 29.8 Å². The SMILES string of the molecule is FCOc1cc(OCF)cc(-c2ccccc2Cl)c1.